The molecule has 8 heteroatoms. The standard InChI is InChI=1S/C26H27F2N3O2S/c27-22-7-3-19(4-8-22)25(20-5-9-23(28)10-6-20)31-15-13-30(14-16-31)24(32)2-1-12-29-26(33)21-11-17-34-18-21/h3-11,17-18,25H,1-2,12-16H2,(H,29,33). The van der Waals surface area contributed by atoms with Crippen LogP contribution in [0.5, 0.6) is 0 Å². The molecule has 1 fully saturated rings. The van der Waals surface area contributed by atoms with E-state index in [1.54, 1.807) is 35.7 Å². The van der Waals surface area contributed by atoms with Gasteiger partial charge >= 0.3 is 0 Å². The van der Waals surface area contributed by atoms with E-state index in [1.165, 1.54) is 35.6 Å². The molecule has 2 aromatic carbocycles. The molecule has 0 spiro atoms. The van der Waals surface area contributed by atoms with E-state index >= 15 is 0 Å². The van der Waals surface area contributed by atoms with Crippen LogP contribution in [0.2, 0.25) is 0 Å². The Labute approximate surface area is 202 Å². The van der Waals surface area contributed by atoms with Crippen molar-refractivity contribution in [3.63, 3.8) is 0 Å². The van der Waals surface area contributed by atoms with Gasteiger partial charge in [0.15, 0.2) is 0 Å². The molecule has 0 saturated carbocycles. The van der Waals surface area contributed by atoms with Crippen LogP contribution in [0.3, 0.4) is 0 Å². The summed E-state index contributed by atoms with van der Waals surface area (Å²) in [5, 5.41) is 6.50. The third-order valence-electron chi connectivity index (χ3n) is 6.04. The molecule has 34 heavy (non-hydrogen) atoms. The molecule has 0 unspecified atom stereocenters. The number of amides is 2. The highest BCUT2D eigenvalue weighted by atomic mass is 32.1. The smallest absolute Gasteiger partial charge is 0.252 e. The minimum Gasteiger partial charge on any atom is -0.352 e. The van der Waals surface area contributed by atoms with Crippen molar-refractivity contribution in [2.75, 3.05) is 32.7 Å². The van der Waals surface area contributed by atoms with E-state index in [4.69, 9.17) is 0 Å². The number of carbonyl (C=O) groups is 2. The lowest BCUT2D eigenvalue weighted by Gasteiger charge is -2.40. The first-order valence-corrected chi connectivity index (χ1v) is 12.3. The molecule has 1 aliphatic rings. The Morgan fingerprint density at radius 3 is 2.00 bits per heavy atom. The Hall–Kier alpha value is -3.10. The van der Waals surface area contributed by atoms with E-state index in [-0.39, 0.29) is 29.5 Å². The van der Waals surface area contributed by atoms with Gasteiger partial charge in [0.25, 0.3) is 5.91 Å². The Balaban J connectivity index is 1.31. The quantitative estimate of drug-likeness (QED) is 0.481. The van der Waals surface area contributed by atoms with Crippen molar-refractivity contribution in [1.29, 1.82) is 0 Å². The molecule has 3 aromatic rings. The number of nitrogens with one attached hydrogen (secondary N) is 1. The fraction of sp³-hybridized carbons (Fsp3) is 0.308. The van der Waals surface area contributed by atoms with Gasteiger partial charge in [-0.3, -0.25) is 14.5 Å². The van der Waals surface area contributed by atoms with Gasteiger partial charge in [-0.25, -0.2) is 8.78 Å². The van der Waals surface area contributed by atoms with Crippen LogP contribution in [0.15, 0.2) is 65.4 Å². The molecular weight excluding hydrogens is 456 g/mol. The third-order valence-corrected chi connectivity index (χ3v) is 6.72. The first-order valence-electron chi connectivity index (χ1n) is 11.3. The van der Waals surface area contributed by atoms with E-state index < -0.39 is 0 Å². The number of hydrogen-bond donors (Lipinski definition) is 1. The maximum absolute atomic E-state index is 13.5. The fourth-order valence-electron chi connectivity index (χ4n) is 4.23. The summed E-state index contributed by atoms with van der Waals surface area (Å²) in [5.41, 5.74) is 2.49. The normalized spacial score (nSPS) is 14.4. The Morgan fingerprint density at radius 1 is 0.882 bits per heavy atom. The predicted octanol–water partition coefficient (Wildman–Crippen LogP) is 4.47. The van der Waals surface area contributed by atoms with Crippen LogP contribution in [-0.4, -0.2) is 54.3 Å². The van der Waals surface area contributed by atoms with E-state index in [0.717, 1.165) is 11.1 Å². The van der Waals surface area contributed by atoms with Gasteiger partial charge in [0.05, 0.1) is 6.04 Å². The zero-order chi connectivity index (χ0) is 23.9. The van der Waals surface area contributed by atoms with Gasteiger partial charge in [-0.1, -0.05) is 24.3 Å². The maximum atomic E-state index is 13.5. The molecule has 1 saturated heterocycles. The molecule has 2 heterocycles. The lowest BCUT2D eigenvalue weighted by molar-refractivity contribution is -0.133. The molecule has 2 amide bonds. The average Bonchev–Trinajstić information content (AvgIpc) is 3.40. The van der Waals surface area contributed by atoms with Gasteiger partial charge < -0.3 is 10.2 Å². The van der Waals surface area contributed by atoms with Crippen molar-refractivity contribution in [2.45, 2.75) is 18.9 Å². The highest BCUT2D eigenvalue weighted by molar-refractivity contribution is 7.08. The van der Waals surface area contributed by atoms with E-state index in [0.29, 0.717) is 51.1 Å². The number of nitrogens with zero attached hydrogens (tertiary/aromatic N) is 2. The van der Waals surface area contributed by atoms with Crippen LogP contribution in [0.1, 0.15) is 40.4 Å². The van der Waals surface area contributed by atoms with Crippen LogP contribution in [0.4, 0.5) is 8.78 Å². The predicted molar refractivity (Wildman–Crippen MR) is 129 cm³/mol. The molecule has 1 aliphatic heterocycles. The third kappa shape index (κ3) is 6.07. The van der Waals surface area contributed by atoms with E-state index in [2.05, 4.69) is 10.2 Å². The van der Waals surface area contributed by atoms with Crippen LogP contribution >= 0.6 is 11.3 Å². The second kappa shape index (κ2) is 11.4. The number of thiophene rings is 1. The highest BCUT2D eigenvalue weighted by Crippen LogP contribution is 2.30. The van der Waals surface area contributed by atoms with Crippen LogP contribution in [0.25, 0.3) is 0 Å². The maximum Gasteiger partial charge on any atom is 0.252 e. The van der Waals surface area contributed by atoms with Crippen LogP contribution in [0, 0.1) is 11.6 Å². The first kappa shape index (κ1) is 24.0. The molecule has 0 atom stereocenters. The summed E-state index contributed by atoms with van der Waals surface area (Å²) in [6.07, 6.45) is 0.964. The monoisotopic (exact) mass is 483 g/mol. The van der Waals surface area contributed by atoms with Crippen LogP contribution < -0.4 is 5.32 Å². The summed E-state index contributed by atoms with van der Waals surface area (Å²) in [5.74, 6) is -0.647. The molecular formula is C26H27F2N3O2S. The zero-order valence-electron chi connectivity index (χ0n) is 18.8. The number of rotatable bonds is 8. The van der Waals surface area contributed by atoms with Gasteiger partial charge in [0, 0.05) is 50.1 Å². The van der Waals surface area contributed by atoms with Gasteiger partial charge in [-0.2, -0.15) is 11.3 Å². The van der Waals surface area contributed by atoms with Crippen molar-refractivity contribution < 1.29 is 18.4 Å². The lowest BCUT2D eigenvalue weighted by Crippen LogP contribution is -2.49. The topological polar surface area (TPSA) is 52.7 Å². The Morgan fingerprint density at radius 2 is 1.47 bits per heavy atom. The Kier molecular flexibility index (Phi) is 8.03. The summed E-state index contributed by atoms with van der Waals surface area (Å²) < 4.78 is 27.0. The van der Waals surface area contributed by atoms with Crippen molar-refractivity contribution >= 4 is 23.2 Å². The number of benzene rings is 2. The molecule has 0 bridgehead atoms. The van der Waals surface area contributed by atoms with Gasteiger partial charge in [0.1, 0.15) is 11.6 Å². The molecule has 0 radical (unpaired) electrons. The summed E-state index contributed by atoms with van der Waals surface area (Å²) in [7, 11) is 0. The van der Waals surface area contributed by atoms with Crippen molar-refractivity contribution in [3.8, 4) is 0 Å². The molecule has 1 N–H and O–H groups in total. The Bertz CT molecular complexity index is 1030. The van der Waals surface area contributed by atoms with Gasteiger partial charge in [0.2, 0.25) is 5.91 Å². The number of hydrogen-bond acceptors (Lipinski definition) is 4. The fourth-order valence-corrected chi connectivity index (χ4v) is 4.87. The minimum absolute atomic E-state index is 0.0737. The second-order valence-corrected chi connectivity index (χ2v) is 9.07. The van der Waals surface area contributed by atoms with Crippen molar-refractivity contribution in [3.05, 3.63) is 93.7 Å². The van der Waals surface area contributed by atoms with Crippen LogP contribution in [-0.2, 0) is 4.79 Å². The number of carbonyl (C=O) groups excluding carboxylic acids is 2. The molecule has 178 valence electrons. The molecule has 5 nitrogen and oxygen atoms in total. The number of piperazine rings is 1. The average molecular weight is 484 g/mol. The molecule has 4 rings (SSSR count). The van der Waals surface area contributed by atoms with E-state index in [9.17, 15) is 18.4 Å². The first-order chi connectivity index (χ1) is 16.5. The summed E-state index contributed by atoms with van der Waals surface area (Å²) in [6, 6.07) is 14.4. The minimum atomic E-state index is -0.302. The largest absolute Gasteiger partial charge is 0.352 e. The summed E-state index contributed by atoms with van der Waals surface area (Å²) in [6.45, 7) is 2.93. The van der Waals surface area contributed by atoms with Gasteiger partial charge in [-0.05, 0) is 53.3 Å². The molecule has 1 aromatic heterocycles. The van der Waals surface area contributed by atoms with Gasteiger partial charge in [-0.15, -0.1) is 0 Å². The SMILES string of the molecule is O=C(NCCCC(=O)N1CCN(C(c2ccc(F)cc2)c2ccc(F)cc2)CC1)c1ccsc1. The summed E-state index contributed by atoms with van der Waals surface area (Å²) >= 11 is 1.47. The lowest BCUT2D eigenvalue weighted by atomic mass is 9.96. The second-order valence-electron chi connectivity index (χ2n) is 8.29. The number of halogens is 2. The van der Waals surface area contributed by atoms with Crippen molar-refractivity contribution in [1.82, 2.24) is 15.1 Å². The molecule has 0 aliphatic carbocycles. The zero-order valence-corrected chi connectivity index (χ0v) is 19.6. The van der Waals surface area contributed by atoms with Crippen molar-refractivity contribution in [2.24, 2.45) is 0 Å². The highest BCUT2D eigenvalue weighted by Gasteiger charge is 2.28. The summed E-state index contributed by atoms with van der Waals surface area (Å²) in [4.78, 5) is 28.7. The van der Waals surface area contributed by atoms with E-state index in [1.807, 2.05) is 10.3 Å².